The third-order valence-corrected chi connectivity index (χ3v) is 1.16. The lowest BCUT2D eigenvalue weighted by Gasteiger charge is -2.05. The van der Waals surface area contributed by atoms with Gasteiger partial charge < -0.3 is 9.84 Å². The predicted molar refractivity (Wildman–Crippen MR) is 37.1 cm³/mol. The largest absolute Gasteiger partial charge is 0.502 e. The molecule has 2 heteroatoms. The molecule has 0 aromatic rings. The molecule has 1 N–H and O–H groups in total. The summed E-state index contributed by atoms with van der Waals surface area (Å²) in [7, 11) is 0. The molecule has 54 valence electrons. The monoisotopic (exact) mass is 130 g/mol. The molecule has 0 aliphatic heterocycles. The van der Waals surface area contributed by atoms with Crippen molar-refractivity contribution in [1.29, 1.82) is 0 Å². The lowest BCUT2D eigenvalue weighted by Crippen LogP contribution is -2.06. The van der Waals surface area contributed by atoms with Gasteiger partial charge in [-0.05, 0) is 6.42 Å². The van der Waals surface area contributed by atoms with E-state index in [1.54, 1.807) is 0 Å². The zero-order chi connectivity index (χ0) is 7.11. The third kappa shape index (κ3) is 5.37. The van der Waals surface area contributed by atoms with Crippen LogP contribution in [0, 0.1) is 0 Å². The van der Waals surface area contributed by atoms with Crippen molar-refractivity contribution in [3.8, 4) is 0 Å². The molecule has 0 radical (unpaired) electrons. The molecule has 0 aromatic heterocycles. The molecule has 9 heavy (non-hydrogen) atoms. The van der Waals surface area contributed by atoms with Gasteiger partial charge >= 0.3 is 0 Å². The van der Waals surface area contributed by atoms with E-state index in [1.807, 2.05) is 6.92 Å². The van der Waals surface area contributed by atoms with E-state index < -0.39 is 0 Å². The Hall–Kier alpha value is -0.500. The predicted octanol–water partition coefficient (Wildman–Crippen LogP) is 1.31. The van der Waals surface area contributed by atoms with E-state index in [-0.39, 0.29) is 6.10 Å². The first-order chi connectivity index (χ1) is 4.31. The highest BCUT2D eigenvalue weighted by molar-refractivity contribution is 4.53. The van der Waals surface area contributed by atoms with Crippen LogP contribution in [0.5, 0.6) is 0 Å². The fourth-order valence-electron chi connectivity index (χ4n) is 0.492. The molecule has 2 nitrogen and oxygen atoms in total. The van der Waals surface area contributed by atoms with Gasteiger partial charge in [0.25, 0.3) is 0 Å². The van der Waals surface area contributed by atoms with Crippen molar-refractivity contribution in [1.82, 2.24) is 0 Å². The van der Waals surface area contributed by atoms with Crippen LogP contribution in [0.4, 0.5) is 0 Å². The first kappa shape index (κ1) is 8.50. The van der Waals surface area contributed by atoms with E-state index in [2.05, 4.69) is 6.58 Å². The summed E-state index contributed by atoms with van der Waals surface area (Å²) in [6, 6.07) is 0. The highest BCUT2D eigenvalue weighted by atomic mass is 16.5. The summed E-state index contributed by atoms with van der Waals surface area (Å²) in [5.41, 5.74) is 0. The second-order valence-electron chi connectivity index (χ2n) is 1.89. The van der Waals surface area contributed by atoms with Crippen molar-refractivity contribution in [3.05, 3.63) is 12.8 Å². The molecule has 0 bridgehead atoms. The molecule has 0 aromatic carbocycles. The smallest absolute Gasteiger partial charge is 0.0897 e. The van der Waals surface area contributed by atoms with Crippen LogP contribution in [0.25, 0.3) is 0 Å². The maximum Gasteiger partial charge on any atom is 0.0897 e. The lowest BCUT2D eigenvalue weighted by molar-refractivity contribution is 0.122. The maximum atomic E-state index is 8.97. The van der Waals surface area contributed by atoms with E-state index in [4.69, 9.17) is 9.84 Å². The van der Waals surface area contributed by atoms with Gasteiger partial charge in [-0.25, -0.2) is 0 Å². The van der Waals surface area contributed by atoms with E-state index >= 15 is 0 Å². The van der Waals surface area contributed by atoms with Gasteiger partial charge in [-0.15, -0.1) is 0 Å². The van der Waals surface area contributed by atoms with Crippen LogP contribution in [0.1, 0.15) is 19.8 Å². The Labute approximate surface area is 56.1 Å². The summed E-state index contributed by atoms with van der Waals surface area (Å²) in [6.07, 6.45) is 2.66. The zero-order valence-corrected chi connectivity index (χ0v) is 5.84. The minimum absolute atomic E-state index is 0.218. The SMILES string of the molecule is C=COCCC(O)CC. The van der Waals surface area contributed by atoms with Gasteiger partial charge in [-0.2, -0.15) is 0 Å². The Morgan fingerprint density at radius 2 is 2.44 bits per heavy atom. The van der Waals surface area contributed by atoms with Crippen LogP contribution in [0.2, 0.25) is 0 Å². The fourth-order valence-corrected chi connectivity index (χ4v) is 0.492. The second-order valence-corrected chi connectivity index (χ2v) is 1.89. The van der Waals surface area contributed by atoms with E-state index in [0.29, 0.717) is 13.0 Å². The Morgan fingerprint density at radius 1 is 1.78 bits per heavy atom. The Bertz CT molecular complexity index is 71.3. The van der Waals surface area contributed by atoms with E-state index in [1.165, 1.54) is 6.26 Å². The van der Waals surface area contributed by atoms with Crippen molar-refractivity contribution < 1.29 is 9.84 Å². The van der Waals surface area contributed by atoms with Gasteiger partial charge in [0.2, 0.25) is 0 Å². The topological polar surface area (TPSA) is 29.5 Å². The maximum absolute atomic E-state index is 8.97. The van der Waals surface area contributed by atoms with Gasteiger partial charge in [0, 0.05) is 6.42 Å². The van der Waals surface area contributed by atoms with Crippen molar-refractivity contribution in [2.45, 2.75) is 25.9 Å². The molecule has 1 atom stereocenters. The third-order valence-electron chi connectivity index (χ3n) is 1.16. The number of aliphatic hydroxyl groups excluding tert-OH is 1. The van der Waals surface area contributed by atoms with Gasteiger partial charge in [0.1, 0.15) is 0 Å². The van der Waals surface area contributed by atoms with Gasteiger partial charge in [-0.3, -0.25) is 0 Å². The number of aliphatic hydroxyl groups is 1. The quantitative estimate of drug-likeness (QED) is 0.449. The molecule has 1 unspecified atom stereocenters. The number of ether oxygens (including phenoxy) is 1. The van der Waals surface area contributed by atoms with Gasteiger partial charge in [-0.1, -0.05) is 13.5 Å². The molecular formula is C7H14O2. The average Bonchev–Trinajstić information content (AvgIpc) is 1.89. The fraction of sp³-hybridized carbons (Fsp3) is 0.714. The molecule has 0 amide bonds. The van der Waals surface area contributed by atoms with Crippen molar-refractivity contribution in [2.75, 3.05) is 6.61 Å². The van der Waals surface area contributed by atoms with Crippen LogP contribution in [0.15, 0.2) is 12.8 Å². The Morgan fingerprint density at radius 3 is 2.89 bits per heavy atom. The normalized spacial score (nSPS) is 12.7. The zero-order valence-electron chi connectivity index (χ0n) is 5.84. The molecule has 0 rings (SSSR count). The molecule has 0 heterocycles. The molecule has 0 fully saturated rings. The Balaban J connectivity index is 2.96. The molecule has 0 saturated carbocycles. The van der Waals surface area contributed by atoms with Crippen molar-refractivity contribution in [2.24, 2.45) is 0 Å². The summed E-state index contributed by atoms with van der Waals surface area (Å²) < 4.78 is 4.81. The van der Waals surface area contributed by atoms with Crippen molar-refractivity contribution in [3.63, 3.8) is 0 Å². The summed E-state index contributed by atoms with van der Waals surface area (Å²) in [5, 5.41) is 8.97. The average molecular weight is 130 g/mol. The molecule has 0 aliphatic carbocycles. The first-order valence-corrected chi connectivity index (χ1v) is 3.21. The van der Waals surface area contributed by atoms with Gasteiger partial charge in [0.15, 0.2) is 0 Å². The van der Waals surface area contributed by atoms with Gasteiger partial charge in [0.05, 0.1) is 19.0 Å². The molecule has 0 spiro atoms. The van der Waals surface area contributed by atoms with E-state index in [9.17, 15) is 0 Å². The second kappa shape index (κ2) is 5.63. The summed E-state index contributed by atoms with van der Waals surface area (Å²) >= 11 is 0. The summed E-state index contributed by atoms with van der Waals surface area (Å²) in [4.78, 5) is 0. The van der Waals surface area contributed by atoms with Crippen LogP contribution in [-0.2, 0) is 4.74 Å². The van der Waals surface area contributed by atoms with Crippen LogP contribution in [-0.4, -0.2) is 17.8 Å². The molecule has 0 aliphatic rings. The lowest BCUT2D eigenvalue weighted by atomic mass is 10.2. The highest BCUT2D eigenvalue weighted by Gasteiger charge is 1.97. The van der Waals surface area contributed by atoms with Crippen LogP contribution in [0.3, 0.4) is 0 Å². The van der Waals surface area contributed by atoms with Crippen molar-refractivity contribution >= 4 is 0 Å². The number of hydrogen-bond donors (Lipinski definition) is 1. The molecule has 0 saturated heterocycles. The Kier molecular flexibility index (Phi) is 5.32. The summed E-state index contributed by atoms with van der Waals surface area (Å²) in [5.74, 6) is 0. The van der Waals surface area contributed by atoms with Crippen LogP contribution >= 0.6 is 0 Å². The minimum Gasteiger partial charge on any atom is -0.502 e. The molecular weight excluding hydrogens is 116 g/mol. The van der Waals surface area contributed by atoms with Crippen LogP contribution < -0.4 is 0 Å². The number of hydrogen-bond acceptors (Lipinski definition) is 2. The minimum atomic E-state index is -0.218. The standard InChI is InChI=1S/C7H14O2/c1-3-7(8)5-6-9-4-2/h4,7-8H,2-3,5-6H2,1H3. The number of rotatable bonds is 5. The first-order valence-electron chi connectivity index (χ1n) is 3.21. The highest BCUT2D eigenvalue weighted by Crippen LogP contribution is 1.95. The van der Waals surface area contributed by atoms with E-state index in [0.717, 1.165) is 6.42 Å². The summed E-state index contributed by atoms with van der Waals surface area (Å²) in [6.45, 7) is 5.89.